The van der Waals surface area contributed by atoms with Crippen molar-refractivity contribution in [2.45, 2.75) is 50.7 Å². The van der Waals surface area contributed by atoms with Crippen molar-refractivity contribution in [1.82, 2.24) is 25.3 Å². The first-order chi connectivity index (χ1) is 19.9. The maximum Gasteiger partial charge on any atom is 0.264 e. The van der Waals surface area contributed by atoms with Gasteiger partial charge >= 0.3 is 0 Å². The number of nitrogens with zero attached hydrogens (tertiary/aromatic N) is 3. The number of benzene rings is 2. The topological polar surface area (TPSA) is 119 Å². The highest BCUT2D eigenvalue weighted by molar-refractivity contribution is 6.37. The molecule has 0 bridgehead atoms. The quantitative estimate of drug-likeness (QED) is 0.287. The predicted molar refractivity (Wildman–Crippen MR) is 156 cm³/mol. The number of rotatable bonds is 6. The summed E-state index contributed by atoms with van der Waals surface area (Å²) < 4.78 is 7.17. The van der Waals surface area contributed by atoms with Crippen LogP contribution in [0.3, 0.4) is 0 Å². The molecule has 1 aliphatic carbocycles. The molecule has 3 atom stereocenters. The van der Waals surface area contributed by atoms with E-state index in [0.717, 1.165) is 19.3 Å². The number of carbonyl (C=O) groups is 2. The van der Waals surface area contributed by atoms with E-state index in [9.17, 15) is 14.4 Å². The van der Waals surface area contributed by atoms with Crippen molar-refractivity contribution in [3.63, 3.8) is 0 Å². The molecule has 1 fully saturated rings. The Kier molecular flexibility index (Phi) is 7.28. The largest absolute Gasteiger partial charge is 0.360 e. The van der Waals surface area contributed by atoms with Crippen molar-refractivity contribution in [2.24, 2.45) is 0 Å². The minimum atomic E-state index is -0.893. The molecular formula is C31H28ClN5O4. The summed E-state index contributed by atoms with van der Waals surface area (Å²) in [5, 5.41) is 11.8. The second-order valence-corrected chi connectivity index (χ2v) is 10.8. The highest BCUT2D eigenvalue weighted by Gasteiger charge is 2.31. The standard InChI is InChI=1S/C31H28ClN5O4/c1-18-25-28(36-41-18)26-23(32)11-6-12-24(26)37(31(25)40)22-10-5-9-21(17-22)34-30(39)27(19-7-3-2-4-8-19)35-29(38)20-13-15-33-16-14-20/h2-4,6-8,11-16,21-22,27H,5,9-10,17H2,1H3,(H,34,39)(H,35,38). The van der Waals surface area contributed by atoms with Gasteiger partial charge in [-0.05, 0) is 62.4 Å². The lowest BCUT2D eigenvalue weighted by Crippen LogP contribution is -2.46. The van der Waals surface area contributed by atoms with Gasteiger partial charge in [0, 0.05) is 35.4 Å². The Morgan fingerprint density at radius 3 is 2.59 bits per heavy atom. The lowest BCUT2D eigenvalue weighted by Gasteiger charge is -2.33. The summed E-state index contributed by atoms with van der Waals surface area (Å²) in [6.07, 6.45) is 5.94. The molecule has 6 rings (SSSR count). The summed E-state index contributed by atoms with van der Waals surface area (Å²) in [6, 6.07) is 16.5. The van der Waals surface area contributed by atoms with Gasteiger partial charge in [0.15, 0.2) is 0 Å². The summed E-state index contributed by atoms with van der Waals surface area (Å²) in [4.78, 5) is 44.4. The summed E-state index contributed by atoms with van der Waals surface area (Å²) >= 11 is 6.59. The zero-order chi connectivity index (χ0) is 28.5. The molecule has 208 valence electrons. The molecule has 2 N–H and O–H groups in total. The van der Waals surface area contributed by atoms with E-state index in [0.29, 0.717) is 50.1 Å². The minimum Gasteiger partial charge on any atom is -0.360 e. The first-order valence-electron chi connectivity index (χ1n) is 13.6. The zero-order valence-corrected chi connectivity index (χ0v) is 23.1. The van der Waals surface area contributed by atoms with Crippen LogP contribution in [-0.4, -0.2) is 32.6 Å². The summed E-state index contributed by atoms with van der Waals surface area (Å²) in [7, 11) is 0. The van der Waals surface area contributed by atoms with Crippen LogP contribution in [0.15, 0.2) is 82.4 Å². The second-order valence-electron chi connectivity index (χ2n) is 10.4. The van der Waals surface area contributed by atoms with Crippen molar-refractivity contribution in [3.05, 3.63) is 105 Å². The number of nitrogens with one attached hydrogen (secondary N) is 2. The average molecular weight is 570 g/mol. The third kappa shape index (κ3) is 5.09. The number of hydrogen-bond donors (Lipinski definition) is 2. The van der Waals surface area contributed by atoms with Crippen molar-refractivity contribution in [3.8, 4) is 0 Å². The third-order valence-corrected chi connectivity index (χ3v) is 8.07. The molecule has 41 heavy (non-hydrogen) atoms. The van der Waals surface area contributed by atoms with E-state index in [1.165, 1.54) is 12.4 Å². The Morgan fingerprint density at radius 1 is 1.02 bits per heavy atom. The number of amides is 2. The monoisotopic (exact) mass is 569 g/mol. The number of hydrogen-bond acceptors (Lipinski definition) is 6. The molecule has 0 radical (unpaired) electrons. The van der Waals surface area contributed by atoms with Crippen LogP contribution in [0.1, 0.15) is 59.4 Å². The number of pyridine rings is 2. The van der Waals surface area contributed by atoms with Crippen molar-refractivity contribution >= 4 is 45.2 Å². The first kappa shape index (κ1) is 26.7. The van der Waals surface area contributed by atoms with Crippen LogP contribution in [0, 0.1) is 6.92 Å². The van der Waals surface area contributed by atoms with Gasteiger partial charge in [0.25, 0.3) is 11.5 Å². The zero-order valence-electron chi connectivity index (χ0n) is 22.3. The van der Waals surface area contributed by atoms with E-state index < -0.39 is 6.04 Å². The van der Waals surface area contributed by atoms with E-state index in [4.69, 9.17) is 16.1 Å². The van der Waals surface area contributed by atoms with Crippen LogP contribution in [0.4, 0.5) is 0 Å². The van der Waals surface area contributed by atoms with Gasteiger partial charge < -0.3 is 19.7 Å². The van der Waals surface area contributed by atoms with E-state index >= 15 is 0 Å². The maximum absolute atomic E-state index is 13.8. The molecular weight excluding hydrogens is 542 g/mol. The van der Waals surface area contributed by atoms with Crippen LogP contribution in [0.2, 0.25) is 5.02 Å². The van der Waals surface area contributed by atoms with Gasteiger partial charge in [-0.1, -0.05) is 53.2 Å². The summed E-state index contributed by atoms with van der Waals surface area (Å²) in [5.41, 5.74) is 2.05. The van der Waals surface area contributed by atoms with Gasteiger partial charge in [-0.15, -0.1) is 0 Å². The smallest absolute Gasteiger partial charge is 0.264 e. The molecule has 3 unspecified atom stereocenters. The highest BCUT2D eigenvalue weighted by atomic mass is 35.5. The highest BCUT2D eigenvalue weighted by Crippen LogP contribution is 2.35. The van der Waals surface area contributed by atoms with Crippen molar-refractivity contribution in [2.75, 3.05) is 0 Å². The fourth-order valence-corrected chi connectivity index (χ4v) is 6.07. The molecule has 1 saturated carbocycles. The average Bonchev–Trinajstić information content (AvgIpc) is 3.38. The van der Waals surface area contributed by atoms with Crippen LogP contribution in [0.25, 0.3) is 21.8 Å². The Morgan fingerprint density at radius 2 is 1.80 bits per heavy atom. The van der Waals surface area contributed by atoms with Gasteiger partial charge in [0.1, 0.15) is 22.7 Å². The number of aryl methyl sites for hydroxylation is 1. The molecule has 1 aliphatic rings. The van der Waals surface area contributed by atoms with E-state index in [-0.39, 0.29) is 29.5 Å². The van der Waals surface area contributed by atoms with Crippen LogP contribution in [-0.2, 0) is 4.79 Å². The number of aromatic nitrogens is 3. The van der Waals surface area contributed by atoms with Gasteiger partial charge in [-0.3, -0.25) is 19.4 Å². The van der Waals surface area contributed by atoms with Gasteiger partial charge in [0.05, 0.1) is 10.5 Å². The molecule has 2 aromatic carbocycles. The number of fused-ring (bicyclic) bond motifs is 3. The molecule has 0 saturated heterocycles. The molecule has 3 heterocycles. The molecule has 0 aliphatic heterocycles. The molecule has 3 aromatic heterocycles. The first-order valence-corrected chi connectivity index (χ1v) is 13.9. The fraction of sp³-hybridized carbons (Fsp3) is 0.258. The number of carbonyl (C=O) groups excluding carboxylic acids is 2. The van der Waals surface area contributed by atoms with Gasteiger partial charge in [-0.25, -0.2) is 0 Å². The van der Waals surface area contributed by atoms with Crippen LogP contribution >= 0.6 is 11.6 Å². The van der Waals surface area contributed by atoms with Gasteiger partial charge in [0.2, 0.25) is 5.91 Å². The minimum absolute atomic E-state index is 0.178. The lowest BCUT2D eigenvalue weighted by molar-refractivity contribution is -0.124. The van der Waals surface area contributed by atoms with Crippen LogP contribution < -0.4 is 16.2 Å². The Balaban J connectivity index is 1.29. The maximum atomic E-state index is 13.8. The van der Waals surface area contributed by atoms with Gasteiger partial charge in [-0.2, -0.15) is 0 Å². The van der Waals surface area contributed by atoms with Crippen molar-refractivity contribution < 1.29 is 14.1 Å². The molecule has 5 aromatic rings. The van der Waals surface area contributed by atoms with Crippen molar-refractivity contribution in [1.29, 1.82) is 0 Å². The van der Waals surface area contributed by atoms with E-state index in [1.54, 1.807) is 29.7 Å². The second kappa shape index (κ2) is 11.2. The Hall–Kier alpha value is -4.50. The predicted octanol–water partition coefficient (Wildman–Crippen LogP) is 5.27. The third-order valence-electron chi connectivity index (χ3n) is 7.75. The Bertz CT molecular complexity index is 1800. The SMILES string of the molecule is Cc1onc2c1c(=O)n(C1CCCC(NC(=O)C(NC(=O)c3ccncc3)c3ccccc3)C1)c1cccc(Cl)c21. The Labute approximate surface area is 240 Å². The molecule has 10 heteroatoms. The fourth-order valence-electron chi connectivity index (χ4n) is 5.81. The molecule has 0 spiro atoms. The summed E-state index contributed by atoms with van der Waals surface area (Å²) in [5.74, 6) is -0.239. The summed E-state index contributed by atoms with van der Waals surface area (Å²) in [6.45, 7) is 1.72. The normalized spacial score (nSPS) is 17.8. The van der Waals surface area contributed by atoms with Crippen LogP contribution in [0.5, 0.6) is 0 Å². The lowest BCUT2D eigenvalue weighted by atomic mass is 9.89. The van der Waals surface area contributed by atoms with E-state index in [2.05, 4.69) is 20.8 Å². The number of halogens is 1. The molecule has 2 amide bonds. The van der Waals surface area contributed by atoms with E-state index in [1.807, 2.05) is 42.5 Å². The molecule has 9 nitrogen and oxygen atoms in total.